The first-order chi connectivity index (χ1) is 16.4. The van der Waals surface area contributed by atoms with Crippen molar-refractivity contribution in [2.75, 3.05) is 0 Å². The highest BCUT2D eigenvalue weighted by Gasteiger charge is 2.88. The minimum absolute atomic E-state index is 0.231. The van der Waals surface area contributed by atoms with Gasteiger partial charge in [-0.15, -0.1) is 0 Å². The van der Waals surface area contributed by atoms with Crippen molar-refractivity contribution in [2.24, 2.45) is 73.4 Å². The number of rotatable bonds is 3. The third-order valence-electron chi connectivity index (χ3n) is 15.9. The van der Waals surface area contributed by atoms with Crippen molar-refractivity contribution in [3.63, 3.8) is 0 Å². The Balaban J connectivity index is 0.000000400. The Hall–Kier alpha value is -0.530. The van der Waals surface area contributed by atoms with E-state index in [0.29, 0.717) is 37.9 Å². The average Bonchev–Trinajstić information content (AvgIpc) is 2.78. The average molecular weight is 499 g/mol. The van der Waals surface area contributed by atoms with Gasteiger partial charge in [0.2, 0.25) is 0 Å². The first-order valence-electron chi connectivity index (χ1n) is 15.6. The quantitative estimate of drug-likeness (QED) is 0.420. The normalized spacial score (nSPS) is 52.6. The summed E-state index contributed by atoms with van der Waals surface area (Å²) in [4.78, 5) is 9.70. The topological polar surface area (TPSA) is 37.3 Å². The molecule has 36 heavy (non-hydrogen) atoms. The van der Waals surface area contributed by atoms with Crippen molar-refractivity contribution in [1.29, 1.82) is 0 Å². The maximum atomic E-state index is 9.70. The molecule has 0 amide bonds. The molecule has 0 heterocycles. The molecular weight excluding hydrogens is 440 g/mol. The van der Waals surface area contributed by atoms with Crippen LogP contribution in [0.4, 0.5) is 0 Å². The number of hydrogen-bond acceptors (Lipinski definition) is 1. The Morgan fingerprint density at radius 3 is 1.44 bits per heavy atom. The van der Waals surface area contributed by atoms with E-state index in [2.05, 4.69) is 62.3 Å². The van der Waals surface area contributed by atoms with Crippen LogP contribution in [-0.2, 0) is 4.79 Å². The van der Waals surface area contributed by atoms with E-state index in [1.54, 1.807) is 33.1 Å². The second-order valence-electron chi connectivity index (χ2n) is 17.0. The van der Waals surface area contributed by atoms with Crippen LogP contribution in [0.15, 0.2) is 0 Å². The summed E-state index contributed by atoms with van der Waals surface area (Å²) in [5.41, 5.74) is 3.78. The molecule has 1 N–H and O–H groups in total. The number of fused-ring (bicyclic) bond motifs is 6. The van der Waals surface area contributed by atoms with E-state index < -0.39 is 5.97 Å². The minimum Gasteiger partial charge on any atom is -0.481 e. The van der Waals surface area contributed by atoms with E-state index in [-0.39, 0.29) is 5.92 Å². The highest BCUT2D eigenvalue weighted by Crippen LogP contribution is 2.94. The standard InChI is InChI=1S/C30H50.C4H8O2/c1-19-10-12-21-16-28(19,24(21,3)4)27(9)15-14-23-18-30(27,26(23,7)8)29-17-22(25(29,5)6)13-11-20(29)2;1-3(2)4(5)6/h19-23H,10-18H2,1-9H3;3H,1-2H3,(H,5,6). The Kier molecular flexibility index (Phi) is 5.68. The van der Waals surface area contributed by atoms with E-state index in [1.807, 2.05) is 0 Å². The summed E-state index contributed by atoms with van der Waals surface area (Å²) >= 11 is 0. The summed E-state index contributed by atoms with van der Waals surface area (Å²) < 4.78 is 0. The lowest BCUT2D eigenvalue weighted by molar-refractivity contribution is -0.441. The predicted molar refractivity (Wildman–Crippen MR) is 150 cm³/mol. The molecule has 0 aromatic heterocycles. The van der Waals surface area contributed by atoms with Crippen LogP contribution >= 0.6 is 0 Å². The molecule has 0 saturated heterocycles. The van der Waals surface area contributed by atoms with Gasteiger partial charge in [-0.25, -0.2) is 0 Å². The second kappa shape index (κ2) is 7.56. The van der Waals surface area contributed by atoms with Gasteiger partial charge in [0.25, 0.3) is 0 Å². The van der Waals surface area contributed by atoms with Crippen LogP contribution in [0.25, 0.3) is 0 Å². The fraction of sp³-hybridized carbons (Fsp3) is 0.971. The molecule has 206 valence electrons. The minimum atomic E-state index is -0.741. The largest absolute Gasteiger partial charge is 0.481 e. The van der Waals surface area contributed by atoms with Crippen LogP contribution in [-0.4, -0.2) is 11.1 Å². The molecule has 9 unspecified atom stereocenters. The summed E-state index contributed by atoms with van der Waals surface area (Å²) in [7, 11) is 0. The lowest BCUT2D eigenvalue weighted by Crippen LogP contribution is -2.86. The van der Waals surface area contributed by atoms with E-state index in [9.17, 15) is 4.79 Å². The fourth-order valence-electron chi connectivity index (χ4n) is 13.9. The Morgan fingerprint density at radius 2 is 1.08 bits per heavy atom. The van der Waals surface area contributed by atoms with Crippen LogP contribution in [0, 0.1) is 73.4 Å². The molecular formula is C34H58O2. The van der Waals surface area contributed by atoms with Crippen molar-refractivity contribution in [1.82, 2.24) is 0 Å². The van der Waals surface area contributed by atoms with E-state index in [1.165, 1.54) is 38.5 Å². The molecule has 9 aliphatic rings. The van der Waals surface area contributed by atoms with Crippen LogP contribution in [0.5, 0.6) is 0 Å². The van der Waals surface area contributed by atoms with E-state index >= 15 is 0 Å². The number of carbonyl (C=O) groups is 1. The zero-order valence-corrected chi connectivity index (χ0v) is 25.7. The van der Waals surface area contributed by atoms with Crippen LogP contribution in [0.2, 0.25) is 0 Å². The summed E-state index contributed by atoms with van der Waals surface area (Å²) in [6.07, 6.45) is 13.7. The molecule has 9 atom stereocenters. The highest BCUT2D eigenvalue weighted by atomic mass is 16.4. The molecule has 2 nitrogen and oxygen atoms in total. The van der Waals surface area contributed by atoms with Gasteiger partial charge in [-0.2, -0.15) is 0 Å². The van der Waals surface area contributed by atoms with Gasteiger partial charge < -0.3 is 5.11 Å². The lowest BCUT2D eigenvalue weighted by atomic mass is 9.12. The van der Waals surface area contributed by atoms with Gasteiger partial charge in [-0.3, -0.25) is 4.79 Å². The number of hydrogen-bond donors (Lipinski definition) is 1. The van der Waals surface area contributed by atoms with Gasteiger partial charge in [-0.1, -0.05) is 76.2 Å². The van der Waals surface area contributed by atoms with Gasteiger partial charge in [0.1, 0.15) is 0 Å². The number of carboxylic acids is 1. The molecule has 9 rings (SSSR count). The van der Waals surface area contributed by atoms with Crippen LogP contribution in [0.1, 0.15) is 134 Å². The third kappa shape index (κ3) is 2.51. The second-order valence-corrected chi connectivity index (χ2v) is 17.0. The van der Waals surface area contributed by atoms with Crippen molar-refractivity contribution >= 4 is 5.97 Å². The SMILES string of the molecule is CC(C)C(=O)O.CC1CCC2CC1(C1(C)CCC3CC1(C14CC(CCC1C)C4(C)C)C3(C)C)C2(C)C. The maximum Gasteiger partial charge on any atom is 0.305 e. The number of aliphatic carboxylic acids is 1. The predicted octanol–water partition coefficient (Wildman–Crippen LogP) is 9.47. The molecule has 0 aromatic rings. The van der Waals surface area contributed by atoms with Crippen LogP contribution in [0.3, 0.4) is 0 Å². The zero-order chi connectivity index (χ0) is 26.9. The van der Waals surface area contributed by atoms with Gasteiger partial charge >= 0.3 is 5.97 Å². The number of carboxylic acid groups (broad SMARTS) is 1. The summed E-state index contributed by atoms with van der Waals surface area (Å²) in [5.74, 6) is 3.81. The molecule has 9 aliphatic carbocycles. The summed E-state index contributed by atoms with van der Waals surface area (Å²) in [6, 6.07) is 0. The molecule has 9 fully saturated rings. The monoisotopic (exact) mass is 498 g/mol. The summed E-state index contributed by atoms with van der Waals surface area (Å²) in [6.45, 7) is 27.9. The van der Waals surface area contributed by atoms with E-state index in [0.717, 1.165) is 29.6 Å². The first-order valence-corrected chi connectivity index (χ1v) is 15.6. The Morgan fingerprint density at radius 1 is 0.667 bits per heavy atom. The Bertz CT molecular complexity index is 927. The van der Waals surface area contributed by atoms with Gasteiger partial charge in [0, 0.05) is 0 Å². The van der Waals surface area contributed by atoms with Crippen molar-refractivity contribution in [2.45, 2.75) is 134 Å². The molecule has 0 spiro atoms. The molecule has 0 radical (unpaired) electrons. The van der Waals surface area contributed by atoms with Crippen molar-refractivity contribution < 1.29 is 9.90 Å². The lowest BCUT2D eigenvalue weighted by Gasteiger charge is -2.92. The van der Waals surface area contributed by atoms with Crippen LogP contribution < -0.4 is 0 Å². The molecule has 9 saturated carbocycles. The highest BCUT2D eigenvalue weighted by molar-refractivity contribution is 5.68. The third-order valence-corrected chi connectivity index (χ3v) is 15.9. The molecule has 0 aliphatic heterocycles. The van der Waals surface area contributed by atoms with E-state index in [4.69, 9.17) is 5.11 Å². The maximum absolute atomic E-state index is 9.70. The Labute approximate surface area is 223 Å². The smallest absolute Gasteiger partial charge is 0.305 e. The summed E-state index contributed by atoms with van der Waals surface area (Å²) in [5, 5.41) is 7.99. The molecule has 6 bridgehead atoms. The molecule has 0 aromatic carbocycles. The fourth-order valence-corrected chi connectivity index (χ4v) is 13.9. The van der Waals surface area contributed by atoms with Crippen molar-refractivity contribution in [3.05, 3.63) is 0 Å². The molecule has 2 heteroatoms. The zero-order valence-electron chi connectivity index (χ0n) is 25.7. The van der Waals surface area contributed by atoms with Crippen molar-refractivity contribution in [3.8, 4) is 0 Å². The van der Waals surface area contributed by atoms with Gasteiger partial charge in [0.05, 0.1) is 5.92 Å². The van der Waals surface area contributed by atoms with Gasteiger partial charge in [0.15, 0.2) is 0 Å². The first kappa shape index (κ1) is 27.1. The van der Waals surface area contributed by atoms with Gasteiger partial charge in [-0.05, 0) is 125 Å².